The third-order valence-electron chi connectivity index (χ3n) is 1.12. The molecule has 0 saturated heterocycles. The first-order chi connectivity index (χ1) is 4.18. The number of terminal acetylenes is 1. The van der Waals surface area contributed by atoms with Crippen LogP contribution in [0, 0.1) is 18.3 Å². The number of carbonyl (C=O) groups excluding carboxylic acids is 1. The smallest absolute Gasteiger partial charge is 0.247 e. The van der Waals surface area contributed by atoms with E-state index in [0.29, 0.717) is 12.8 Å². The molecular formula is C7H9O2. The largest absolute Gasteiger partial charge is 0.358 e. The fourth-order valence-electron chi connectivity index (χ4n) is 0.418. The maximum absolute atomic E-state index is 10.0. The standard InChI is InChI=1S/C7H9O2/c1-3-4-5-6(2)7(8)9/h1,6H,4-5H2,2H3. The summed E-state index contributed by atoms with van der Waals surface area (Å²) >= 11 is 0. The summed E-state index contributed by atoms with van der Waals surface area (Å²) in [6.45, 7) is 1.59. The highest BCUT2D eigenvalue weighted by Crippen LogP contribution is 2.03. The molecule has 0 N–H and O–H groups in total. The summed E-state index contributed by atoms with van der Waals surface area (Å²) in [6.07, 6.45) is 5.94. The Morgan fingerprint density at radius 1 is 1.78 bits per heavy atom. The first kappa shape index (κ1) is 8.03. The minimum Gasteiger partial charge on any atom is -0.247 e. The molecule has 0 aliphatic rings. The van der Waals surface area contributed by atoms with Crippen LogP contribution in [0.15, 0.2) is 0 Å². The van der Waals surface area contributed by atoms with E-state index >= 15 is 0 Å². The van der Waals surface area contributed by atoms with Crippen LogP contribution >= 0.6 is 0 Å². The molecule has 49 valence electrons. The monoisotopic (exact) mass is 125 g/mol. The van der Waals surface area contributed by atoms with Crippen molar-refractivity contribution in [2.45, 2.75) is 19.8 Å². The molecular weight excluding hydrogens is 116 g/mol. The number of hydrogen-bond donors (Lipinski definition) is 0. The molecule has 0 aliphatic heterocycles. The highest BCUT2D eigenvalue weighted by atomic mass is 16.4. The van der Waals surface area contributed by atoms with Gasteiger partial charge in [0.25, 0.3) is 0 Å². The van der Waals surface area contributed by atoms with Crippen LogP contribution < -0.4 is 0 Å². The second-order valence-corrected chi connectivity index (χ2v) is 1.96. The zero-order valence-corrected chi connectivity index (χ0v) is 5.39. The van der Waals surface area contributed by atoms with Gasteiger partial charge < -0.3 is 0 Å². The molecule has 2 nitrogen and oxygen atoms in total. The maximum atomic E-state index is 10.0. The molecule has 0 rings (SSSR count). The van der Waals surface area contributed by atoms with Crippen molar-refractivity contribution >= 4 is 5.97 Å². The predicted molar refractivity (Wildman–Crippen MR) is 32.9 cm³/mol. The van der Waals surface area contributed by atoms with Gasteiger partial charge >= 0.3 is 5.97 Å². The normalized spacial score (nSPS) is 12.0. The van der Waals surface area contributed by atoms with Crippen molar-refractivity contribution in [2.24, 2.45) is 5.92 Å². The van der Waals surface area contributed by atoms with Crippen LogP contribution in [0.5, 0.6) is 0 Å². The summed E-state index contributed by atoms with van der Waals surface area (Å²) in [6, 6.07) is 0. The number of hydrogen-bond acceptors (Lipinski definition) is 1. The molecule has 1 atom stereocenters. The SMILES string of the molecule is C#CCCC(C)C([O])=O. The molecule has 1 unspecified atom stereocenters. The summed E-state index contributed by atoms with van der Waals surface area (Å²) in [7, 11) is 0. The molecule has 2 heteroatoms. The Morgan fingerprint density at radius 3 is 2.67 bits per heavy atom. The lowest BCUT2D eigenvalue weighted by Crippen LogP contribution is -2.06. The molecule has 9 heavy (non-hydrogen) atoms. The Morgan fingerprint density at radius 2 is 2.33 bits per heavy atom. The summed E-state index contributed by atoms with van der Waals surface area (Å²) in [5, 5.41) is 10.0. The lowest BCUT2D eigenvalue weighted by Gasteiger charge is -1.97. The van der Waals surface area contributed by atoms with Crippen LogP contribution in [-0.2, 0) is 9.90 Å². The molecule has 0 aromatic rings. The molecule has 0 bridgehead atoms. The third-order valence-corrected chi connectivity index (χ3v) is 1.12. The van der Waals surface area contributed by atoms with Gasteiger partial charge in [-0.1, -0.05) is 6.92 Å². The van der Waals surface area contributed by atoms with Crippen LogP contribution in [0.4, 0.5) is 0 Å². The molecule has 0 saturated carbocycles. The summed E-state index contributed by atoms with van der Waals surface area (Å²) in [4.78, 5) is 10.0. The fourth-order valence-corrected chi connectivity index (χ4v) is 0.418. The van der Waals surface area contributed by atoms with Gasteiger partial charge in [0.15, 0.2) is 0 Å². The summed E-state index contributed by atoms with van der Waals surface area (Å²) < 4.78 is 0. The van der Waals surface area contributed by atoms with Crippen molar-refractivity contribution < 1.29 is 9.90 Å². The van der Waals surface area contributed by atoms with E-state index in [-0.39, 0.29) is 0 Å². The van der Waals surface area contributed by atoms with Crippen molar-refractivity contribution in [1.29, 1.82) is 0 Å². The lowest BCUT2D eigenvalue weighted by atomic mass is 10.1. The number of rotatable bonds is 3. The van der Waals surface area contributed by atoms with Crippen molar-refractivity contribution in [2.75, 3.05) is 0 Å². The molecule has 0 spiro atoms. The van der Waals surface area contributed by atoms with Crippen LogP contribution in [0.3, 0.4) is 0 Å². The van der Waals surface area contributed by atoms with Crippen LogP contribution in [0.25, 0.3) is 0 Å². The van der Waals surface area contributed by atoms with Crippen LogP contribution in [-0.4, -0.2) is 5.97 Å². The highest BCUT2D eigenvalue weighted by Gasteiger charge is 2.10. The third kappa shape index (κ3) is 3.60. The molecule has 0 fully saturated rings. The Hall–Kier alpha value is -0.970. The molecule has 0 heterocycles. The van der Waals surface area contributed by atoms with Gasteiger partial charge in [-0.25, -0.2) is 9.90 Å². The fraction of sp³-hybridized carbons (Fsp3) is 0.571. The highest BCUT2D eigenvalue weighted by molar-refractivity contribution is 5.68. The average molecular weight is 125 g/mol. The van der Waals surface area contributed by atoms with Crippen molar-refractivity contribution in [1.82, 2.24) is 0 Å². The van der Waals surface area contributed by atoms with Gasteiger partial charge in [-0.15, -0.1) is 12.3 Å². The van der Waals surface area contributed by atoms with E-state index < -0.39 is 11.9 Å². The summed E-state index contributed by atoms with van der Waals surface area (Å²) in [5.41, 5.74) is 0. The zero-order chi connectivity index (χ0) is 7.28. The Balaban J connectivity index is 3.41. The Labute approximate surface area is 54.9 Å². The van der Waals surface area contributed by atoms with Crippen molar-refractivity contribution in [3.05, 3.63) is 0 Å². The first-order valence-corrected chi connectivity index (χ1v) is 2.82. The molecule has 0 aromatic carbocycles. The molecule has 1 radical (unpaired) electrons. The Bertz CT molecular complexity index is 132. The minimum absolute atomic E-state index is 0.416. The van der Waals surface area contributed by atoms with E-state index in [9.17, 15) is 9.90 Å². The number of carbonyl (C=O) groups is 1. The van der Waals surface area contributed by atoms with Crippen molar-refractivity contribution in [3.63, 3.8) is 0 Å². The van der Waals surface area contributed by atoms with E-state index in [0.717, 1.165) is 0 Å². The van der Waals surface area contributed by atoms with E-state index in [2.05, 4.69) is 5.92 Å². The Kier molecular flexibility index (Phi) is 3.54. The van der Waals surface area contributed by atoms with E-state index in [1.165, 1.54) is 0 Å². The average Bonchev–Trinajstić information content (AvgIpc) is 1.82. The topological polar surface area (TPSA) is 37.0 Å². The first-order valence-electron chi connectivity index (χ1n) is 2.82. The van der Waals surface area contributed by atoms with Gasteiger partial charge in [-0.05, 0) is 6.42 Å². The second kappa shape index (κ2) is 3.96. The van der Waals surface area contributed by atoms with E-state index in [1.54, 1.807) is 6.92 Å². The lowest BCUT2D eigenvalue weighted by molar-refractivity contribution is -0.147. The van der Waals surface area contributed by atoms with Gasteiger partial charge in [0.05, 0.1) is 5.92 Å². The van der Waals surface area contributed by atoms with E-state index in [4.69, 9.17) is 6.42 Å². The summed E-state index contributed by atoms with van der Waals surface area (Å²) in [5.74, 6) is 0.924. The van der Waals surface area contributed by atoms with Gasteiger partial charge in [-0.2, -0.15) is 0 Å². The van der Waals surface area contributed by atoms with Gasteiger partial charge in [0.1, 0.15) is 0 Å². The maximum Gasteiger partial charge on any atom is 0.358 e. The van der Waals surface area contributed by atoms with Crippen LogP contribution in [0.2, 0.25) is 0 Å². The van der Waals surface area contributed by atoms with Gasteiger partial charge in [0.2, 0.25) is 0 Å². The van der Waals surface area contributed by atoms with E-state index in [1.807, 2.05) is 0 Å². The second-order valence-electron chi connectivity index (χ2n) is 1.96. The quantitative estimate of drug-likeness (QED) is 0.518. The van der Waals surface area contributed by atoms with Gasteiger partial charge in [0, 0.05) is 6.42 Å². The van der Waals surface area contributed by atoms with Crippen LogP contribution in [0.1, 0.15) is 19.8 Å². The minimum atomic E-state index is -1.02. The van der Waals surface area contributed by atoms with Gasteiger partial charge in [-0.3, -0.25) is 0 Å². The molecule has 0 amide bonds. The molecule has 0 aliphatic carbocycles. The van der Waals surface area contributed by atoms with Crippen molar-refractivity contribution in [3.8, 4) is 12.3 Å². The zero-order valence-electron chi connectivity index (χ0n) is 5.39. The molecule has 0 aromatic heterocycles. The predicted octanol–water partition coefficient (Wildman–Crippen LogP) is 0.993.